The topological polar surface area (TPSA) is 34.0 Å². The maximum atomic E-state index is 4.43. The van der Waals surface area contributed by atoms with Crippen LogP contribution in [-0.4, -0.2) is 40.1 Å². The zero-order valence-corrected chi connectivity index (χ0v) is 10.7. The normalized spacial score (nSPS) is 11.7. The number of rotatable bonds is 3. The molecule has 0 fully saturated rings. The summed E-state index contributed by atoms with van der Waals surface area (Å²) in [6.45, 7) is 1.94. The Morgan fingerprint density at radius 1 is 1.17 bits per heavy atom. The number of likely N-dealkylation sites (N-methyl/N-ethyl adjacent to an activating group) is 1. The van der Waals surface area contributed by atoms with Gasteiger partial charge in [-0.05, 0) is 20.2 Å². The Kier molecular flexibility index (Phi) is 2.72. The minimum Gasteiger partial charge on any atom is -0.324 e. The highest BCUT2D eigenvalue weighted by atomic mass is 15.1. The fourth-order valence-corrected chi connectivity index (χ4v) is 2.31. The van der Waals surface area contributed by atoms with Crippen molar-refractivity contribution in [3.63, 3.8) is 0 Å². The summed E-state index contributed by atoms with van der Waals surface area (Å²) in [5.74, 6) is 0. The molecule has 0 saturated carbocycles. The van der Waals surface area contributed by atoms with E-state index in [0.717, 1.165) is 24.1 Å². The van der Waals surface area contributed by atoms with Crippen LogP contribution in [0.15, 0.2) is 36.8 Å². The summed E-state index contributed by atoms with van der Waals surface area (Å²) in [6, 6.07) is 8.41. The number of fused-ring (bicyclic) bond motifs is 3. The maximum absolute atomic E-state index is 4.43. The first-order valence-electron chi connectivity index (χ1n) is 6.09. The van der Waals surface area contributed by atoms with Gasteiger partial charge in [0, 0.05) is 30.1 Å². The molecule has 0 aliphatic heterocycles. The van der Waals surface area contributed by atoms with E-state index in [2.05, 4.69) is 57.8 Å². The first-order valence-corrected chi connectivity index (χ1v) is 6.09. The summed E-state index contributed by atoms with van der Waals surface area (Å²) in [4.78, 5) is 10.7. The van der Waals surface area contributed by atoms with Gasteiger partial charge < -0.3 is 9.47 Å². The Labute approximate surface area is 106 Å². The molecule has 0 radical (unpaired) electrons. The first-order chi connectivity index (χ1) is 8.77. The number of benzene rings is 1. The molecule has 0 amide bonds. The molecule has 0 aliphatic carbocycles. The summed E-state index contributed by atoms with van der Waals surface area (Å²) < 4.78 is 2.27. The van der Waals surface area contributed by atoms with Crippen LogP contribution in [0, 0.1) is 0 Å². The molecule has 18 heavy (non-hydrogen) atoms. The highest BCUT2D eigenvalue weighted by Gasteiger charge is 2.10. The van der Waals surface area contributed by atoms with Crippen LogP contribution >= 0.6 is 0 Å². The molecule has 0 spiro atoms. The van der Waals surface area contributed by atoms with Crippen molar-refractivity contribution in [3.8, 4) is 0 Å². The van der Waals surface area contributed by atoms with Crippen molar-refractivity contribution >= 4 is 21.9 Å². The third-order valence-corrected chi connectivity index (χ3v) is 3.20. The molecule has 0 aliphatic rings. The largest absolute Gasteiger partial charge is 0.324 e. The second-order valence-corrected chi connectivity index (χ2v) is 4.73. The molecule has 3 rings (SSSR count). The molecule has 0 saturated heterocycles. The third kappa shape index (κ3) is 1.75. The maximum Gasteiger partial charge on any atom is 0.144 e. The minimum absolute atomic E-state index is 0.939. The number of aromatic nitrogens is 3. The van der Waals surface area contributed by atoms with Crippen LogP contribution in [0.4, 0.5) is 0 Å². The standard InChI is InChI=1S/C14H16N4/c1-17(2)7-8-18-13-6-4-3-5-11(13)12-9-15-10-16-14(12)18/h3-6,9-10H,7-8H2,1-2H3. The van der Waals surface area contributed by atoms with Crippen molar-refractivity contribution in [2.75, 3.05) is 20.6 Å². The van der Waals surface area contributed by atoms with Gasteiger partial charge >= 0.3 is 0 Å². The molecule has 1 aromatic carbocycles. The molecular weight excluding hydrogens is 224 g/mol. The lowest BCUT2D eigenvalue weighted by Crippen LogP contribution is -2.18. The lowest BCUT2D eigenvalue weighted by atomic mass is 10.2. The summed E-state index contributed by atoms with van der Waals surface area (Å²) >= 11 is 0. The Morgan fingerprint density at radius 3 is 2.83 bits per heavy atom. The molecule has 3 aromatic rings. The lowest BCUT2D eigenvalue weighted by molar-refractivity contribution is 0.389. The molecule has 2 heterocycles. The van der Waals surface area contributed by atoms with Gasteiger partial charge in [0.2, 0.25) is 0 Å². The first kappa shape index (κ1) is 11.2. The zero-order valence-electron chi connectivity index (χ0n) is 10.7. The van der Waals surface area contributed by atoms with Crippen molar-refractivity contribution in [2.45, 2.75) is 6.54 Å². The summed E-state index contributed by atoms with van der Waals surface area (Å²) in [7, 11) is 4.17. The number of hydrogen-bond acceptors (Lipinski definition) is 3. The van der Waals surface area contributed by atoms with Crippen LogP contribution in [0.5, 0.6) is 0 Å². The van der Waals surface area contributed by atoms with E-state index in [0.29, 0.717) is 0 Å². The average Bonchev–Trinajstić information content (AvgIpc) is 2.71. The fourth-order valence-electron chi connectivity index (χ4n) is 2.31. The van der Waals surface area contributed by atoms with E-state index in [-0.39, 0.29) is 0 Å². The lowest BCUT2D eigenvalue weighted by Gasteiger charge is -2.11. The van der Waals surface area contributed by atoms with E-state index >= 15 is 0 Å². The van der Waals surface area contributed by atoms with Crippen LogP contribution in [0.2, 0.25) is 0 Å². The predicted octanol–water partition coefficient (Wildman–Crippen LogP) is 2.15. The van der Waals surface area contributed by atoms with Crippen LogP contribution in [0.1, 0.15) is 0 Å². The highest BCUT2D eigenvalue weighted by Crippen LogP contribution is 2.26. The second kappa shape index (κ2) is 4.38. The Balaban J connectivity index is 2.24. The van der Waals surface area contributed by atoms with Crippen molar-refractivity contribution in [2.24, 2.45) is 0 Å². The van der Waals surface area contributed by atoms with Gasteiger partial charge in [-0.2, -0.15) is 0 Å². The van der Waals surface area contributed by atoms with Gasteiger partial charge in [0.1, 0.15) is 12.0 Å². The van der Waals surface area contributed by atoms with E-state index in [9.17, 15) is 0 Å². The van der Waals surface area contributed by atoms with Crippen molar-refractivity contribution in [1.82, 2.24) is 19.4 Å². The molecule has 4 heteroatoms. The molecule has 0 N–H and O–H groups in total. The Bertz CT molecular complexity index is 631. The van der Waals surface area contributed by atoms with Gasteiger partial charge in [-0.1, -0.05) is 18.2 Å². The van der Waals surface area contributed by atoms with Crippen molar-refractivity contribution < 1.29 is 0 Å². The smallest absolute Gasteiger partial charge is 0.144 e. The third-order valence-electron chi connectivity index (χ3n) is 3.20. The predicted molar refractivity (Wildman–Crippen MR) is 73.6 cm³/mol. The van der Waals surface area contributed by atoms with Gasteiger partial charge in [0.05, 0.1) is 5.52 Å². The molecule has 4 nitrogen and oxygen atoms in total. The van der Waals surface area contributed by atoms with E-state index in [1.165, 1.54) is 10.9 Å². The van der Waals surface area contributed by atoms with Crippen LogP contribution in [0.25, 0.3) is 21.9 Å². The highest BCUT2D eigenvalue weighted by molar-refractivity contribution is 6.06. The quantitative estimate of drug-likeness (QED) is 0.703. The second-order valence-electron chi connectivity index (χ2n) is 4.73. The van der Waals surface area contributed by atoms with E-state index in [1.807, 2.05) is 6.20 Å². The van der Waals surface area contributed by atoms with Crippen LogP contribution in [0.3, 0.4) is 0 Å². The summed E-state index contributed by atoms with van der Waals surface area (Å²) in [5, 5.41) is 2.36. The summed E-state index contributed by atoms with van der Waals surface area (Å²) in [6.07, 6.45) is 3.52. The number of hydrogen-bond donors (Lipinski definition) is 0. The van der Waals surface area contributed by atoms with Crippen molar-refractivity contribution in [3.05, 3.63) is 36.8 Å². The van der Waals surface area contributed by atoms with Crippen LogP contribution in [-0.2, 0) is 6.54 Å². The average molecular weight is 240 g/mol. The van der Waals surface area contributed by atoms with Gasteiger partial charge in [-0.3, -0.25) is 0 Å². The number of para-hydroxylation sites is 1. The van der Waals surface area contributed by atoms with Gasteiger partial charge in [-0.25, -0.2) is 9.97 Å². The SMILES string of the molecule is CN(C)CCn1c2ccccc2c2cncnc21. The summed E-state index contributed by atoms with van der Waals surface area (Å²) in [5.41, 5.74) is 2.25. The van der Waals surface area contributed by atoms with E-state index in [4.69, 9.17) is 0 Å². The fraction of sp³-hybridized carbons (Fsp3) is 0.286. The van der Waals surface area contributed by atoms with Crippen LogP contribution < -0.4 is 0 Å². The molecule has 92 valence electrons. The Hall–Kier alpha value is -1.94. The van der Waals surface area contributed by atoms with Gasteiger partial charge in [0.25, 0.3) is 0 Å². The van der Waals surface area contributed by atoms with Crippen molar-refractivity contribution in [1.29, 1.82) is 0 Å². The van der Waals surface area contributed by atoms with Gasteiger partial charge in [-0.15, -0.1) is 0 Å². The molecule has 0 atom stereocenters. The molecule has 0 bridgehead atoms. The zero-order chi connectivity index (χ0) is 12.5. The Morgan fingerprint density at radius 2 is 2.00 bits per heavy atom. The monoisotopic (exact) mass is 240 g/mol. The van der Waals surface area contributed by atoms with Gasteiger partial charge in [0.15, 0.2) is 0 Å². The molecule has 0 unspecified atom stereocenters. The molecular formula is C14H16N4. The molecule has 2 aromatic heterocycles. The number of nitrogens with zero attached hydrogens (tertiary/aromatic N) is 4. The minimum atomic E-state index is 0.939. The van der Waals surface area contributed by atoms with E-state index in [1.54, 1.807) is 6.33 Å². The van der Waals surface area contributed by atoms with E-state index < -0.39 is 0 Å².